The standard InChI is InChI=1S/C24H29ClN6/c25-20-3-1-2-15(8-20)4-5-28-23-29-13-19(12-26)22(31-23)30-14-24-9-16-6-17(10-24)21(27)18(7-16)11-24/h1-3,8,13,16-18,21H,4-7,9-11,14,27H2,(H2,28,29,30,31)/t16?,17-,18?,21?,24?/m1/s1. The predicted octanol–water partition coefficient (Wildman–Crippen LogP) is 4.22. The topological polar surface area (TPSA) is 99.6 Å². The van der Waals surface area contributed by atoms with Crippen LogP contribution >= 0.6 is 11.6 Å². The van der Waals surface area contributed by atoms with Gasteiger partial charge >= 0.3 is 0 Å². The quantitative estimate of drug-likeness (QED) is 0.600. The maximum absolute atomic E-state index is 9.54. The van der Waals surface area contributed by atoms with Crippen molar-refractivity contribution in [1.82, 2.24) is 9.97 Å². The molecule has 0 aliphatic heterocycles. The van der Waals surface area contributed by atoms with Crippen molar-refractivity contribution < 1.29 is 0 Å². The van der Waals surface area contributed by atoms with Crippen LogP contribution in [0.1, 0.15) is 43.2 Å². The number of hydrogen-bond acceptors (Lipinski definition) is 6. The molecule has 4 bridgehead atoms. The number of nitrogens with one attached hydrogen (secondary N) is 2. The summed E-state index contributed by atoms with van der Waals surface area (Å²) in [6.45, 7) is 1.55. The van der Waals surface area contributed by atoms with E-state index in [9.17, 15) is 5.26 Å². The van der Waals surface area contributed by atoms with Gasteiger partial charge in [-0.25, -0.2) is 4.98 Å². The van der Waals surface area contributed by atoms with Gasteiger partial charge in [-0.2, -0.15) is 10.2 Å². The van der Waals surface area contributed by atoms with Crippen molar-refractivity contribution in [2.24, 2.45) is 28.9 Å². The van der Waals surface area contributed by atoms with E-state index in [2.05, 4.69) is 32.7 Å². The smallest absolute Gasteiger partial charge is 0.224 e. The third-order valence-corrected chi connectivity index (χ3v) is 7.83. The molecular weight excluding hydrogens is 408 g/mol. The summed E-state index contributed by atoms with van der Waals surface area (Å²) in [7, 11) is 0. The number of rotatable bonds is 7. The molecule has 4 N–H and O–H groups in total. The molecule has 1 aromatic heterocycles. The fourth-order valence-corrected chi connectivity index (χ4v) is 6.63. The van der Waals surface area contributed by atoms with Crippen molar-refractivity contribution in [1.29, 1.82) is 5.26 Å². The molecule has 6 nitrogen and oxygen atoms in total. The van der Waals surface area contributed by atoms with Gasteiger partial charge in [0.25, 0.3) is 0 Å². The first-order valence-corrected chi connectivity index (χ1v) is 11.7. The van der Waals surface area contributed by atoms with Gasteiger partial charge in [0.05, 0.1) is 6.20 Å². The maximum Gasteiger partial charge on any atom is 0.224 e. The fraction of sp³-hybridized carbons (Fsp3) is 0.542. The summed E-state index contributed by atoms with van der Waals surface area (Å²) in [5.41, 5.74) is 8.44. The zero-order valence-corrected chi connectivity index (χ0v) is 18.4. The summed E-state index contributed by atoms with van der Waals surface area (Å²) >= 11 is 6.06. The third kappa shape index (κ3) is 4.22. The Morgan fingerprint density at radius 1 is 1.19 bits per heavy atom. The van der Waals surface area contributed by atoms with Gasteiger partial charge < -0.3 is 16.4 Å². The van der Waals surface area contributed by atoms with Crippen molar-refractivity contribution >= 4 is 23.4 Å². The second kappa shape index (κ2) is 8.29. The lowest BCUT2D eigenvalue weighted by atomic mass is 9.48. The van der Waals surface area contributed by atoms with Crippen molar-refractivity contribution in [2.45, 2.75) is 44.6 Å². The van der Waals surface area contributed by atoms with E-state index in [-0.39, 0.29) is 0 Å². The molecule has 4 aliphatic carbocycles. The van der Waals surface area contributed by atoms with Crippen LogP contribution in [-0.4, -0.2) is 29.1 Å². The minimum absolute atomic E-state index is 0.296. The van der Waals surface area contributed by atoms with Gasteiger partial charge in [0.1, 0.15) is 17.5 Å². The van der Waals surface area contributed by atoms with Gasteiger partial charge in [0.15, 0.2) is 0 Å². The van der Waals surface area contributed by atoms with Crippen molar-refractivity contribution in [3.63, 3.8) is 0 Å². The highest BCUT2D eigenvalue weighted by Gasteiger charge is 2.54. The highest BCUT2D eigenvalue weighted by atomic mass is 35.5. The Morgan fingerprint density at radius 3 is 2.74 bits per heavy atom. The van der Waals surface area contributed by atoms with Gasteiger partial charge in [-0.3, -0.25) is 0 Å². The molecular formula is C24H29ClN6. The first-order valence-electron chi connectivity index (χ1n) is 11.3. The fourth-order valence-electron chi connectivity index (χ4n) is 6.41. The van der Waals surface area contributed by atoms with Gasteiger partial charge in [0, 0.05) is 24.2 Å². The molecule has 7 heteroatoms. The molecule has 1 heterocycles. The molecule has 4 fully saturated rings. The molecule has 4 aliphatic rings. The molecule has 2 aromatic rings. The normalized spacial score (nSPS) is 30.7. The summed E-state index contributed by atoms with van der Waals surface area (Å²) in [5.74, 6) is 3.32. The van der Waals surface area contributed by atoms with Crippen LogP contribution in [0.15, 0.2) is 30.5 Å². The third-order valence-electron chi connectivity index (χ3n) is 7.60. The number of nitriles is 1. The molecule has 31 heavy (non-hydrogen) atoms. The van der Waals surface area contributed by atoms with E-state index in [4.69, 9.17) is 17.3 Å². The van der Waals surface area contributed by atoms with Crippen LogP contribution in [0.25, 0.3) is 0 Å². The van der Waals surface area contributed by atoms with E-state index < -0.39 is 0 Å². The number of hydrogen-bond donors (Lipinski definition) is 3. The van der Waals surface area contributed by atoms with Crippen LogP contribution in [0, 0.1) is 34.5 Å². The van der Waals surface area contributed by atoms with Crippen molar-refractivity contribution in [3.8, 4) is 6.07 Å². The van der Waals surface area contributed by atoms with Gasteiger partial charge in [0.2, 0.25) is 5.95 Å². The number of nitrogens with zero attached hydrogens (tertiary/aromatic N) is 3. The Hall–Kier alpha value is -2.36. The van der Waals surface area contributed by atoms with E-state index in [1.807, 2.05) is 18.2 Å². The Kier molecular flexibility index (Phi) is 5.49. The summed E-state index contributed by atoms with van der Waals surface area (Å²) < 4.78 is 0. The first-order chi connectivity index (χ1) is 15.0. The van der Waals surface area contributed by atoms with E-state index in [0.29, 0.717) is 47.2 Å². The average Bonchev–Trinajstić information content (AvgIpc) is 2.76. The number of aromatic nitrogens is 2. The van der Waals surface area contributed by atoms with E-state index in [1.165, 1.54) is 32.1 Å². The van der Waals surface area contributed by atoms with Crippen LogP contribution in [-0.2, 0) is 6.42 Å². The molecule has 6 rings (SSSR count). The molecule has 0 saturated heterocycles. The molecule has 0 radical (unpaired) electrons. The summed E-state index contributed by atoms with van der Waals surface area (Å²) in [6, 6.07) is 10.5. The molecule has 0 spiro atoms. The minimum atomic E-state index is 0.296. The van der Waals surface area contributed by atoms with Gasteiger partial charge in [-0.1, -0.05) is 23.7 Å². The second-order valence-electron chi connectivity index (χ2n) is 9.78. The van der Waals surface area contributed by atoms with E-state index in [1.54, 1.807) is 6.20 Å². The van der Waals surface area contributed by atoms with Crippen LogP contribution in [0.3, 0.4) is 0 Å². The summed E-state index contributed by atoms with van der Waals surface area (Å²) in [6.07, 6.45) is 8.70. The van der Waals surface area contributed by atoms with Crippen molar-refractivity contribution in [3.05, 3.63) is 46.6 Å². The van der Waals surface area contributed by atoms with Crippen LogP contribution < -0.4 is 16.4 Å². The van der Waals surface area contributed by atoms with Gasteiger partial charge in [-0.05, 0) is 79.4 Å². The summed E-state index contributed by atoms with van der Waals surface area (Å²) in [5, 5.41) is 17.1. The molecule has 4 saturated carbocycles. The molecule has 4 unspecified atom stereocenters. The zero-order valence-electron chi connectivity index (χ0n) is 17.6. The zero-order chi connectivity index (χ0) is 21.4. The lowest BCUT2D eigenvalue weighted by Crippen LogP contribution is -2.58. The monoisotopic (exact) mass is 436 g/mol. The second-order valence-corrected chi connectivity index (χ2v) is 10.2. The maximum atomic E-state index is 9.54. The van der Waals surface area contributed by atoms with Gasteiger partial charge in [-0.15, -0.1) is 0 Å². The molecule has 162 valence electrons. The Bertz CT molecular complexity index is 986. The van der Waals surface area contributed by atoms with Crippen molar-refractivity contribution in [2.75, 3.05) is 23.7 Å². The number of anilines is 2. The number of benzene rings is 1. The first kappa shape index (κ1) is 20.5. The Balaban J connectivity index is 1.23. The summed E-state index contributed by atoms with van der Waals surface area (Å²) in [4.78, 5) is 8.93. The van der Waals surface area contributed by atoms with E-state index in [0.717, 1.165) is 29.5 Å². The van der Waals surface area contributed by atoms with Crippen LogP contribution in [0.5, 0.6) is 0 Å². The minimum Gasteiger partial charge on any atom is -0.368 e. The SMILES string of the molecule is N#Cc1cnc(NCCc2cccc(Cl)c2)nc1NCC12CC3CC(C1)C(N)[C@H](C3)C2. The average molecular weight is 437 g/mol. The molecule has 1 aromatic carbocycles. The lowest BCUT2D eigenvalue weighted by molar-refractivity contribution is -0.0591. The molecule has 5 atom stereocenters. The lowest BCUT2D eigenvalue weighted by Gasteiger charge is -2.59. The Labute approximate surface area is 188 Å². The van der Waals surface area contributed by atoms with E-state index >= 15 is 0 Å². The molecule has 0 amide bonds. The number of halogens is 1. The largest absolute Gasteiger partial charge is 0.368 e. The van der Waals surface area contributed by atoms with Crippen LogP contribution in [0.4, 0.5) is 11.8 Å². The van der Waals surface area contributed by atoms with Crippen LogP contribution in [0.2, 0.25) is 5.02 Å². The Morgan fingerprint density at radius 2 is 2.00 bits per heavy atom. The number of nitrogens with two attached hydrogens (primary N) is 1. The highest BCUT2D eigenvalue weighted by Crippen LogP contribution is 2.59. The predicted molar refractivity (Wildman–Crippen MR) is 123 cm³/mol. The highest BCUT2D eigenvalue weighted by molar-refractivity contribution is 6.30.